The molecule has 0 bridgehead atoms. The van der Waals surface area contributed by atoms with Crippen molar-refractivity contribution >= 4 is 16.6 Å². The topological polar surface area (TPSA) is 48.1 Å². The monoisotopic (exact) mass is 202 g/mol. The Morgan fingerprint density at radius 3 is 2.87 bits per heavy atom. The van der Waals surface area contributed by atoms with E-state index in [1.54, 1.807) is 0 Å². The third-order valence-corrected chi connectivity index (χ3v) is 2.22. The van der Waals surface area contributed by atoms with Crippen LogP contribution in [0.2, 0.25) is 0 Å². The highest BCUT2D eigenvalue weighted by molar-refractivity contribution is 5.87. The van der Waals surface area contributed by atoms with Crippen molar-refractivity contribution in [2.45, 2.75) is 13.8 Å². The van der Waals surface area contributed by atoms with Crippen molar-refractivity contribution in [2.24, 2.45) is 0 Å². The third-order valence-electron chi connectivity index (χ3n) is 2.22. The molecular formula is C12H14N2O. The Bertz CT molecular complexity index is 489. The summed E-state index contributed by atoms with van der Waals surface area (Å²) in [7, 11) is 0. The molecule has 0 radical (unpaired) electrons. The molecule has 3 heteroatoms. The maximum atomic E-state index is 5.72. The van der Waals surface area contributed by atoms with Crippen molar-refractivity contribution < 1.29 is 4.74 Å². The quantitative estimate of drug-likeness (QED) is 0.761. The van der Waals surface area contributed by atoms with Crippen LogP contribution in [0, 0.1) is 6.92 Å². The van der Waals surface area contributed by atoms with E-state index in [0.717, 1.165) is 28.0 Å². The summed E-state index contributed by atoms with van der Waals surface area (Å²) >= 11 is 0. The summed E-state index contributed by atoms with van der Waals surface area (Å²) in [5.74, 6) is 0.875. The summed E-state index contributed by atoms with van der Waals surface area (Å²) in [4.78, 5) is 4.42. The van der Waals surface area contributed by atoms with Crippen LogP contribution in [0.1, 0.15) is 12.6 Å². The van der Waals surface area contributed by atoms with Crippen LogP contribution in [0.15, 0.2) is 24.3 Å². The third kappa shape index (κ3) is 1.86. The zero-order valence-electron chi connectivity index (χ0n) is 8.95. The van der Waals surface area contributed by atoms with E-state index in [2.05, 4.69) is 4.98 Å². The number of pyridine rings is 1. The van der Waals surface area contributed by atoms with Gasteiger partial charge in [-0.2, -0.15) is 0 Å². The SMILES string of the molecule is CCOc1cc(C)nc2cc(N)ccc12. The second-order valence-electron chi connectivity index (χ2n) is 3.47. The highest BCUT2D eigenvalue weighted by Gasteiger charge is 2.04. The number of nitrogens with two attached hydrogens (primary N) is 1. The number of nitrogen functional groups attached to an aromatic ring is 1. The van der Waals surface area contributed by atoms with Crippen molar-refractivity contribution in [3.05, 3.63) is 30.0 Å². The lowest BCUT2D eigenvalue weighted by molar-refractivity contribution is 0.344. The summed E-state index contributed by atoms with van der Waals surface area (Å²) in [5.41, 5.74) is 8.27. The fourth-order valence-electron chi connectivity index (χ4n) is 1.61. The number of aryl methyl sites for hydroxylation is 1. The van der Waals surface area contributed by atoms with Crippen LogP contribution in [0.4, 0.5) is 5.69 Å². The minimum Gasteiger partial charge on any atom is -0.493 e. The number of hydrogen-bond acceptors (Lipinski definition) is 3. The maximum Gasteiger partial charge on any atom is 0.130 e. The van der Waals surface area contributed by atoms with E-state index in [9.17, 15) is 0 Å². The lowest BCUT2D eigenvalue weighted by atomic mass is 10.1. The predicted octanol–water partition coefficient (Wildman–Crippen LogP) is 2.52. The molecule has 2 aromatic rings. The van der Waals surface area contributed by atoms with Gasteiger partial charge in [0.15, 0.2) is 0 Å². The summed E-state index contributed by atoms with van der Waals surface area (Å²) in [6, 6.07) is 7.62. The van der Waals surface area contributed by atoms with E-state index in [-0.39, 0.29) is 0 Å². The lowest BCUT2D eigenvalue weighted by Gasteiger charge is -2.08. The van der Waals surface area contributed by atoms with E-state index in [1.807, 2.05) is 38.1 Å². The first kappa shape index (κ1) is 9.77. The fourth-order valence-corrected chi connectivity index (χ4v) is 1.61. The molecule has 2 N–H and O–H groups in total. The molecule has 78 valence electrons. The Morgan fingerprint density at radius 1 is 1.33 bits per heavy atom. The molecule has 0 amide bonds. The van der Waals surface area contributed by atoms with E-state index >= 15 is 0 Å². The van der Waals surface area contributed by atoms with Gasteiger partial charge in [0.1, 0.15) is 5.75 Å². The zero-order chi connectivity index (χ0) is 10.8. The van der Waals surface area contributed by atoms with Gasteiger partial charge in [-0.3, -0.25) is 4.98 Å². The maximum absolute atomic E-state index is 5.72. The second kappa shape index (κ2) is 3.77. The Morgan fingerprint density at radius 2 is 2.13 bits per heavy atom. The minimum atomic E-state index is 0.656. The highest BCUT2D eigenvalue weighted by Crippen LogP contribution is 2.26. The number of ether oxygens (including phenoxy) is 1. The van der Waals surface area contributed by atoms with E-state index in [4.69, 9.17) is 10.5 Å². The van der Waals surface area contributed by atoms with Gasteiger partial charge >= 0.3 is 0 Å². The van der Waals surface area contributed by atoms with Crippen molar-refractivity contribution in [1.29, 1.82) is 0 Å². The van der Waals surface area contributed by atoms with Crippen molar-refractivity contribution in [1.82, 2.24) is 4.98 Å². The molecule has 1 aromatic heterocycles. The average Bonchev–Trinajstić information content (AvgIpc) is 2.17. The van der Waals surface area contributed by atoms with Gasteiger partial charge < -0.3 is 10.5 Å². The molecule has 15 heavy (non-hydrogen) atoms. The molecule has 1 heterocycles. The fraction of sp³-hybridized carbons (Fsp3) is 0.250. The van der Waals surface area contributed by atoms with Crippen molar-refractivity contribution in [2.75, 3.05) is 12.3 Å². The van der Waals surface area contributed by atoms with Crippen LogP contribution in [0.3, 0.4) is 0 Å². The van der Waals surface area contributed by atoms with Gasteiger partial charge in [-0.25, -0.2) is 0 Å². The number of rotatable bonds is 2. The van der Waals surface area contributed by atoms with Gasteiger partial charge in [-0.05, 0) is 32.0 Å². The summed E-state index contributed by atoms with van der Waals surface area (Å²) in [6.07, 6.45) is 0. The van der Waals surface area contributed by atoms with Gasteiger partial charge in [0, 0.05) is 22.8 Å². The Hall–Kier alpha value is -1.77. The molecule has 0 aliphatic carbocycles. The van der Waals surface area contributed by atoms with Gasteiger partial charge in [0.25, 0.3) is 0 Å². The molecule has 0 aliphatic heterocycles. The number of aromatic nitrogens is 1. The second-order valence-corrected chi connectivity index (χ2v) is 3.47. The van der Waals surface area contributed by atoms with Gasteiger partial charge in [-0.1, -0.05) is 0 Å². The molecule has 0 spiro atoms. The predicted molar refractivity (Wildman–Crippen MR) is 62.1 cm³/mol. The molecule has 0 saturated heterocycles. The number of nitrogens with zero attached hydrogens (tertiary/aromatic N) is 1. The Balaban J connectivity index is 2.68. The van der Waals surface area contributed by atoms with Crippen LogP contribution < -0.4 is 10.5 Å². The molecular weight excluding hydrogens is 188 g/mol. The molecule has 0 saturated carbocycles. The Labute approximate surface area is 88.9 Å². The highest BCUT2D eigenvalue weighted by atomic mass is 16.5. The first-order chi connectivity index (χ1) is 7.20. The normalized spacial score (nSPS) is 10.5. The first-order valence-corrected chi connectivity index (χ1v) is 5.00. The minimum absolute atomic E-state index is 0.656. The van der Waals surface area contributed by atoms with Crippen molar-refractivity contribution in [3.63, 3.8) is 0 Å². The van der Waals surface area contributed by atoms with Crippen molar-refractivity contribution in [3.8, 4) is 5.75 Å². The van der Waals surface area contributed by atoms with E-state index in [1.165, 1.54) is 0 Å². The zero-order valence-corrected chi connectivity index (χ0v) is 8.95. The van der Waals surface area contributed by atoms with Crippen LogP contribution in [0.25, 0.3) is 10.9 Å². The van der Waals surface area contributed by atoms with E-state index < -0.39 is 0 Å². The molecule has 0 atom stereocenters. The molecule has 0 unspecified atom stereocenters. The van der Waals surface area contributed by atoms with Crippen LogP contribution in [-0.2, 0) is 0 Å². The largest absolute Gasteiger partial charge is 0.493 e. The number of anilines is 1. The van der Waals surface area contributed by atoms with Gasteiger partial charge in [0.05, 0.1) is 12.1 Å². The molecule has 0 aliphatic rings. The van der Waals surface area contributed by atoms with E-state index in [0.29, 0.717) is 6.61 Å². The van der Waals surface area contributed by atoms with Crippen LogP contribution in [0.5, 0.6) is 5.75 Å². The molecule has 1 aromatic carbocycles. The lowest BCUT2D eigenvalue weighted by Crippen LogP contribution is -1.95. The van der Waals surface area contributed by atoms with Gasteiger partial charge in [-0.15, -0.1) is 0 Å². The summed E-state index contributed by atoms with van der Waals surface area (Å²) in [5, 5.41) is 1.01. The molecule has 0 fully saturated rings. The van der Waals surface area contributed by atoms with Gasteiger partial charge in [0.2, 0.25) is 0 Å². The molecule has 2 rings (SSSR count). The molecule has 3 nitrogen and oxygen atoms in total. The number of benzene rings is 1. The van der Waals surface area contributed by atoms with Crippen LogP contribution in [-0.4, -0.2) is 11.6 Å². The average molecular weight is 202 g/mol. The Kier molecular flexibility index (Phi) is 2.46. The smallest absolute Gasteiger partial charge is 0.130 e. The first-order valence-electron chi connectivity index (χ1n) is 5.00. The number of hydrogen-bond donors (Lipinski definition) is 1. The summed E-state index contributed by atoms with van der Waals surface area (Å²) in [6.45, 7) is 4.58. The number of fused-ring (bicyclic) bond motifs is 1. The van der Waals surface area contributed by atoms with Crippen LogP contribution >= 0.6 is 0 Å². The standard InChI is InChI=1S/C12H14N2O/c1-3-15-12-6-8(2)14-11-7-9(13)4-5-10(11)12/h4-7H,3,13H2,1-2H3. The summed E-state index contributed by atoms with van der Waals surface area (Å²) < 4.78 is 5.56.